The van der Waals surface area contributed by atoms with E-state index in [9.17, 15) is 24.0 Å². The van der Waals surface area contributed by atoms with Gasteiger partial charge in [-0.3, -0.25) is 9.79 Å². The Morgan fingerprint density at radius 1 is 0.676 bits per heavy atom. The molecule has 0 aromatic heterocycles. The summed E-state index contributed by atoms with van der Waals surface area (Å²) < 4.78 is 19.2. The van der Waals surface area contributed by atoms with Crippen molar-refractivity contribution in [1.82, 2.24) is 5.32 Å². The van der Waals surface area contributed by atoms with Gasteiger partial charge in [-0.05, 0) is 25.7 Å². The van der Waals surface area contributed by atoms with Gasteiger partial charge in [0, 0.05) is 12.1 Å². The number of aliphatic imine (C=N–C) groups is 1. The molecule has 2 fully saturated rings. The second-order valence-corrected chi connectivity index (χ2v) is 8.88. The van der Waals surface area contributed by atoms with E-state index in [2.05, 4.69) is 15.0 Å². The largest absolute Gasteiger partial charge is 0.466 e. The quantitative estimate of drug-likeness (QED) is 0.159. The van der Waals surface area contributed by atoms with Crippen molar-refractivity contribution in [3.8, 4) is 0 Å². The first-order chi connectivity index (χ1) is 17.8. The van der Waals surface area contributed by atoms with Gasteiger partial charge in [0.1, 0.15) is 11.3 Å². The predicted octanol–water partition coefficient (Wildman–Crippen LogP) is 2.12. The Labute approximate surface area is 216 Å². The smallest absolute Gasteiger partial charge is 0.341 e. The summed E-state index contributed by atoms with van der Waals surface area (Å²) in [6, 6.07) is -0.422. The lowest BCUT2D eigenvalue weighted by atomic mass is 9.92. The monoisotopic (exact) mass is 520 g/mol. The molecule has 0 radical (unpaired) electrons. The van der Waals surface area contributed by atoms with Crippen molar-refractivity contribution >= 4 is 35.5 Å². The van der Waals surface area contributed by atoms with E-state index in [1.54, 1.807) is 0 Å². The first-order valence-electron chi connectivity index (χ1n) is 12.5. The van der Waals surface area contributed by atoms with Crippen LogP contribution < -0.4 is 5.32 Å². The number of hydrogen-bond acceptors (Lipinski definition) is 10. The van der Waals surface area contributed by atoms with Gasteiger partial charge in [0.25, 0.3) is 5.91 Å². The van der Waals surface area contributed by atoms with Gasteiger partial charge in [-0.1, -0.05) is 38.5 Å². The Kier molecular flexibility index (Phi) is 12.0. The molecule has 0 aromatic rings. The van der Waals surface area contributed by atoms with Crippen LogP contribution in [0.5, 0.6) is 0 Å². The van der Waals surface area contributed by atoms with Crippen LogP contribution in [0.1, 0.15) is 64.2 Å². The summed E-state index contributed by atoms with van der Waals surface area (Å²) in [5, 5.41) is 2.92. The maximum Gasteiger partial charge on any atom is 0.341 e. The normalized spacial score (nSPS) is 18.3. The van der Waals surface area contributed by atoms with Crippen LogP contribution in [0.25, 0.3) is 0 Å². The van der Waals surface area contributed by atoms with E-state index in [1.165, 1.54) is 0 Å². The number of ether oxygens (including phenoxy) is 4. The molecule has 2 saturated carbocycles. The number of esters is 4. The topological polar surface area (TPSA) is 147 Å². The van der Waals surface area contributed by atoms with Crippen molar-refractivity contribution in [2.75, 3.05) is 28.4 Å². The molecular formula is C26H36N2O9. The third kappa shape index (κ3) is 8.26. The highest BCUT2D eigenvalue weighted by Crippen LogP contribution is 2.26. The van der Waals surface area contributed by atoms with Gasteiger partial charge in [-0.15, -0.1) is 0 Å². The highest BCUT2D eigenvalue weighted by molar-refractivity contribution is 6.52. The average molecular weight is 521 g/mol. The minimum atomic E-state index is -1.16. The fraction of sp³-hybridized carbons (Fsp3) is 0.615. The number of carbonyl (C=O) groups is 5. The van der Waals surface area contributed by atoms with E-state index in [0.29, 0.717) is 18.9 Å². The highest BCUT2D eigenvalue weighted by Gasteiger charge is 2.37. The molecule has 0 saturated heterocycles. The zero-order chi connectivity index (χ0) is 27.4. The molecule has 1 N–H and O–H groups in total. The lowest BCUT2D eigenvalue weighted by Crippen LogP contribution is -2.43. The van der Waals surface area contributed by atoms with E-state index in [-0.39, 0.29) is 17.8 Å². The number of carbonyl (C=O) groups excluding carboxylic acids is 5. The Balaban J connectivity index is 2.83. The van der Waals surface area contributed by atoms with Crippen molar-refractivity contribution < 1.29 is 42.9 Å². The van der Waals surface area contributed by atoms with Crippen LogP contribution in [0.15, 0.2) is 27.8 Å². The maximum absolute atomic E-state index is 13.6. The number of methoxy groups -OCH3 is 4. The number of nitrogens with one attached hydrogen (secondary N) is 1. The fourth-order valence-electron chi connectivity index (χ4n) is 4.52. The molecule has 37 heavy (non-hydrogen) atoms. The second-order valence-electron chi connectivity index (χ2n) is 8.88. The van der Waals surface area contributed by atoms with Crippen molar-refractivity contribution in [3.63, 3.8) is 0 Å². The van der Waals surface area contributed by atoms with Crippen LogP contribution in [0, 0.1) is 0 Å². The van der Waals surface area contributed by atoms with E-state index in [1.807, 2.05) is 0 Å². The molecule has 0 spiro atoms. The lowest BCUT2D eigenvalue weighted by Gasteiger charge is -2.25. The number of amides is 1. The SMILES string of the molecule is COC(=O)/C=C(C(=O)OC)/C(C(=O)OC)=C(/C(=O)OC)C(=NC1CCCCC1)C(=O)NC1CCCCC1. The fourth-order valence-corrected chi connectivity index (χ4v) is 4.52. The average Bonchev–Trinajstić information content (AvgIpc) is 2.93. The maximum atomic E-state index is 13.6. The van der Waals surface area contributed by atoms with Crippen molar-refractivity contribution in [2.45, 2.75) is 76.3 Å². The van der Waals surface area contributed by atoms with Gasteiger partial charge in [-0.2, -0.15) is 0 Å². The van der Waals surface area contributed by atoms with E-state index >= 15 is 0 Å². The Hall–Kier alpha value is -3.50. The van der Waals surface area contributed by atoms with Crippen LogP contribution in [0.4, 0.5) is 0 Å². The Morgan fingerprint density at radius 2 is 1.19 bits per heavy atom. The third-order valence-corrected chi connectivity index (χ3v) is 6.45. The van der Waals surface area contributed by atoms with Crippen LogP contribution in [0.3, 0.4) is 0 Å². The first kappa shape index (κ1) is 29.7. The molecule has 0 atom stereocenters. The summed E-state index contributed by atoms with van der Waals surface area (Å²) in [6.45, 7) is 0. The molecule has 11 heteroatoms. The summed E-state index contributed by atoms with van der Waals surface area (Å²) in [5.41, 5.74) is -2.26. The predicted molar refractivity (Wildman–Crippen MR) is 132 cm³/mol. The van der Waals surface area contributed by atoms with Gasteiger partial charge in [-0.25, -0.2) is 19.2 Å². The minimum absolute atomic E-state index is 0.135. The summed E-state index contributed by atoms with van der Waals surface area (Å²) in [4.78, 5) is 69.3. The molecule has 0 heterocycles. The van der Waals surface area contributed by atoms with Crippen molar-refractivity contribution in [1.29, 1.82) is 0 Å². The molecule has 2 rings (SSSR count). The molecule has 204 valence electrons. The number of hydrogen-bond donors (Lipinski definition) is 1. The molecule has 0 aromatic carbocycles. The van der Waals surface area contributed by atoms with Gasteiger partial charge in [0.15, 0.2) is 0 Å². The van der Waals surface area contributed by atoms with Crippen LogP contribution in [-0.2, 0) is 42.9 Å². The summed E-state index contributed by atoms with van der Waals surface area (Å²) in [7, 11) is 4.21. The second kappa shape index (κ2) is 14.9. The molecule has 0 unspecified atom stereocenters. The van der Waals surface area contributed by atoms with Gasteiger partial charge < -0.3 is 24.3 Å². The third-order valence-electron chi connectivity index (χ3n) is 6.45. The highest BCUT2D eigenvalue weighted by atomic mass is 16.5. The first-order valence-corrected chi connectivity index (χ1v) is 12.5. The van der Waals surface area contributed by atoms with Crippen LogP contribution in [-0.4, -0.2) is 76.0 Å². The van der Waals surface area contributed by atoms with E-state index < -0.39 is 46.5 Å². The summed E-state index contributed by atoms with van der Waals surface area (Å²) >= 11 is 0. The number of nitrogens with zero attached hydrogens (tertiary/aromatic N) is 1. The van der Waals surface area contributed by atoms with Crippen LogP contribution in [0.2, 0.25) is 0 Å². The molecule has 11 nitrogen and oxygen atoms in total. The van der Waals surface area contributed by atoms with Crippen molar-refractivity contribution in [3.05, 3.63) is 22.8 Å². The Bertz CT molecular complexity index is 969. The lowest BCUT2D eigenvalue weighted by molar-refractivity contribution is -0.141. The molecule has 2 aliphatic carbocycles. The summed E-state index contributed by atoms with van der Waals surface area (Å²) in [5.74, 6) is -5.07. The number of rotatable bonds is 9. The van der Waals surface area contributed by atoms with E-state index in [0.717, 1.165) is 79.8 Å². The standard InChI is InChI=1S/C26H36N2O9/c1-34-19(29)15-18(24(31)35-2)20(25(32)36-3)21(26(33)37-4)22(27-16-11-7-5-8-12-16)23(30)28-17-13-9-6-10-14-17/h15-17H,5-14H2,1-4H3,(H,28,30)/b18-15-,21-20-,27-22?. The molecule has 1 amide bonds. The Morgan fingerprint density at radius 3 is 1.70 bits per heavy atom. The zero-order valence-electron chi connectivity index (χ0n) is 21.9. The zero-order valence-corrected chi connectivity index (χ0v) is 21.9. The molecule has 2 aliphatic rings. The minimum Gasteiger partial charge on any atom is -0.466 e. The van der Waals surface area contributed by atoms with Crippen molar-refractivity contribution in [2.24, 2.45) is 4.99 Å². The van der Waals surface area contributed by atoms with E-state index in [4.69, 9.17) is 14.2 Å². The molecular weight excluding hydrogens is 484 g/mol. The van der Waals surface area contributed by atoms with Gasteiger partial charge >= 0.3 is 23.9 Å². The van der Waals surface area contributed by atoms with Gasteiger partial charge in [0.05, 0.1) is 45.6 Å². The van der Waals surface area contributed by atoms with Crippen LogP contribution >= 0.6 is 0 Å². The molecule has 0 aliphatic heterocycles. The van der Waals surface area contributed by atoms with Gasteiger partial charge in [0.2, 0.25) is 0 Å². The molecule has 0 bridgehead atoms. The summed E-state index contributed by atoms with van der Waals surface area (Å²) in [6.07, 6.45) is 9.35.